The van der Waals surface area contributed by atoms with E-state index in [4.69, 9.17) is 28.9 Å². The molecule has 0 unspecified atom stereocenters. The topological polar surface area (TPSA) is 69.4 Å². The lowest BCUT2D eigenvalue weighted by Crippen LogP contribution is -2.33. The third-order valence-corrected chi connectivity index (χ3v) is 2.69. The van der Waals surface area contributed by atoms with Gasteiger partial charge < -0.3 is 10.5 Å². The first-order valence-corrected chi connectivity index (χ1v) is 5.53. The van der Waals surface area contributed by atoms with Crippen LogP contribution < -0.4 is 5.73 Å². The molecule has 0 spiro atoms. The fraction of sp³-hybridized carbons (Fsp3) is 0.273. The Balaban J connectivity index is 0.00000289. The Labute approximate surface area is 121 Å². The van der Waals surface area contributed by atoms with Gasteiger partial charge in [0.25, 0.3) is 0 Å². The maximum absolute atomic E-state index is 11.8. The molecule has 4 nitrogen and oxygen atoms in total. The van der Waals surface area contributed by atoms with E-state index in [9.17, 15) is 9.59 Å². The monoisotopic (exact) mass is 311 g/mol. The average Bonchev–Trinajstić information content (AvgIpc) is 2.27. The average molecular weight is 313 g/mol. The summed E-state index contributed by atoms with van der Waals surface area (Å²) in [5, 5.41) is 0.670. The number of rotatable bonds is 4. The van der Waals surface area contributed by atoms with Crippen molar-refractivity contribution in [2.75, 3.05) is 7.11 Å². The highest BCUT2D eigenvalue weighted by Crippen LogP contribution is 2.22. The molecular formula is C11H12Cl3NO3. The maximum atomic E-state index is 11.8. The first kappa shape index (κ1) is 17.2. The number of esters is 1. The summed E-state index contributed by atoms with van der Waals surface area (Å²) in [6, 6.07) is 3.51. The van der Waals surface area contributed by atoms with Crippen LogP contribution >= 0.6 is 35.6 Å². The van der Waals surface area contributed by atoms with Gasteiger partial charge >= 0.3 is 5.97 Å². The molecule has 0 bridgehead atoms. The van der Waals surface area contributed by atoms with Crippen molar-refractivity contribution >= 4 is 47.4 Å². The number of halogens is 3. The van der Waals surface area contributed by atoms with Gasteiger partial charge in [0.1, 0.15) is 6.04 Å². The van der Waals surface area contributed by atoms with Crippen molar-refractivity contribution < 1.29 is 14.3 Å². The van der Waals surface area contributed by atoms with Gasteiger partial charge in [-0.2, -0.15) is 0 Å². The van der Waals surface area contributed by atoms with E-state index >= 15 is 0 Å². The minimum atomic E-state index is -0.987. The summed E-state index contributed by atoms with van der Waals surface area (Å²) in [7, 11) is 1.21. The number of methoxy groups -OCH3 is 1. The highest BCUT2D eigenvalue weighted by Gasteiger charge is 2.20. The number of ketones is 1. The Morgan fingerprint density at radius 1 is 1.39 bits per heavy atom. The lowest BCUT2D eigenvalue weighted by Gasteiger charge is -2.09. The summed E-state index contributed by atoms with van der Waals surface area (Å²) in [5.74, 6) is -0.965. The number of hydrogen-bond acceptors (Lipinski definition) is 4. The van der Waals surface area contributed by atoms with Crippen LogP contribution in [0.4, 0.5) is 0 Å². The summed E-state index contributed by atoms with van der Waals surface area (Å²) in [4.78, 5) is 22.9. The fourth-order valence-corrected chi connectivity index (χ4v) is 1.77. The highest BCUT2D eigenvalue weighted by molar-refractivity contribution is 6.36. The van der Waals surface area contributed by atoms with Gasteiger partial charge in [-0.05, 0) is 18.2 Å². The van der Waals surface area contributed by atoms with Gasteiger partial charge in [-0.25, -0.2) is 0 Å². The summed E-state index contributed by atoms with van der Waals surface area (Å²) in [6.45, 7) is 0. The molecule has 0 radical (unpaired) electrons. The Morgan fingerprint density at radius 3 is 2.50 bits per heavy atom. The van der Waals surface area contributed by atoms with E-state index in [1.807, 2.05) is 0 Å². The van der Waals surface area contributed by atoms with Crippen LogP contribution in [0.5, 0.6) is 0 Å². The quantitative estimate of drug-likeness (QED) is 0.685. The molecule has 0 aliphatic rings. The standard InChI is InChI=1S/C11H11Cl2NO3.ClH/c1-17-11(16)9(14)5-10(15)7-3-2-6(12)4-8(7)13;/h2-4,9H,5,14H2,1H3;1H/t9-;/m1./s1. The zero-order valence-electron chi connectivity index (χ0n) is 9.48. The van der Waals surface area contributed by atoms with E-state index in [0.717, 1.165) is 0 Å². The van der Waals surface area contributed by atoms with Crippen LogP contribution in [-0.2, 0) is 9.53 Å². The second kappa shape index (κ2) is 7.59. The van der Waals surface area contributed by atoms with Crippen LogP contribution in [0.2, 0.25) is 10.0 Å². The van der Waals surface area contributed by atoms with Crippen LogP contribution in [0.3, 0.4) is 0 Å². The van der Waals surface area contributed by atoms with Crippen LogP contribution in [0.1, 0.15) is 16.8 Å². The Hall–Kier alpha value is -0.810. The van der Waals surface area contributed by atoms with Gasteiger partial charge in [-0.15, -0.1) is 12.4 Å². The smallest absolute Gasteiger partial charge is 0.323 e. The molecule has 0 saturated carbocycles. The molecule has 0 fully saturated rings. The van der Waals surface area contributed by atoms with E-state index < -0.39 is 12.0 Å². The molecule has 0 aromatic heterocycles. The van der Waals surface area contributed by atoms with Crippen LogP contribution in [-0.4, -0.2) is 24.9 Å². The molecule has 7 heteroatoms. The van der Waals surface area contributed by atoms with E-state index in [1.165, 1.54) is 19.2 Å². The van der Waals surface area contributed by atoms with E-state index in [2.05, 4.69) is 4.74 Å². The fourth-order valence-electron chi connectivity index (χ4n) is 1.26. The molecule has 100 valence electrons. The lowest BCUT2D eigenvalue weighted by molar-refractivity contribution is -0.142. The number of carbonyl (C=O) groups excluding carboxylic acids is 2. The first-order valence-electron chi connectivity index (χ1n) is 4.77. The maximum Gasteiger partial charge on any atom is 0.323 e. The molecule has 2 N–H and O–H groups in total. The zero-order valence-corrected chi connectivity index (χ0v) is 11.8. The van der Waals surface area contributed by atoms with Crippen LogP contribution in [0, 0.1) is 0 Å². The third kappa shape index (κ3) is 4.46. The second-order valence-corrected chi connectivity index (χ2v) is 4.22. The van der Waals surface area contributed by atoms with Crippen molar-refractivity contribution in [3.05, 3.63) is 33.8 Å². The normalized spacial score (nSPS) is 11.3. The number of nitrogens with two attached hydrogens (primary N) is 1. The minimum absolute atomic E-state index is 0. The predicted molar refractivity (Wildman–Crippen MR) is 72.6 cm³/mol. The molecule has 0 saturated heterocycles. The number of ether oxygens (including phenoxy) is 1. The SMILES string of the molecule is COC(=O)[C@H](N)CC(=O)c1ccc(Cl)cc1Cl.Cl. The third-order valence-electron chi connectivity index (χ3n) is 2.14. The molecule has 0 aliphatic heterocycles. The molecule has 18 heavy (non-hydrogen) atoms. The number of Topliss-reactive ketones (excluding diaryl/α,β-unsaturated/α-hetero) is 1. The van der Waals surface area contributed by atoms with Gasteiger partial charge in [-0.3, -0.25) is 9.59 Å². The highest BCUT2D eigenvalue weighted by atomic mass is 35.5. The largest absolute Gasteiger partial charge is 0.468 e. The Bertz CT molecular complexity index is 451. The predicted octanol–water partition coefficient (Wildman–Crippen LogP) is 2.49. The van der Waals surface area contributed by atoms with Gasteiger partial charge in [0, 0.05) is 17.0 Å². The van der Waals surface area contributed by atoms with E-state index in [0.29, 0.717) is 5.02 Å². The van der Waals surface area contributed by atoms with Crippen molar-refractivity contribution in [1.29, 1.82) is 0 Å². The van der Waals surface area contributed by atoms with Gasteiger partial charge in [-0.1, -0.05) is 23.2 Å². The minimum Gasteiger partial charge on any atom is -0.468 e. The number of carbonyl (C=O) groups is 2. The molecule has 1 atom stereocenters. The molecule has 1 aromatic rings. The van der Waals surface area contributed by atoms with Crippen molar-refractivity contribution in [3.8, 4) is 0 Å². The summed E-state index contributed by atoms with van der Waals surface area (Å²) >= 11 is 11.6. The molecule has 1 aromatic carbocycles. The summed E-state index contributed by atoms with van der Waals surface area (Å²) in [6.07, 6.45) is -0.159. The van der Waals surface area contributed by atoms with Crippen molar-refractivity contribution in [1.82, 2.24) is 0 Å². The van der Waals surface area contributed by atoms with Gasteiger partial charge in [0.15, 0.2) is 5.78 Å². The van der Waals surface area contributed by atoms with Gasteiger partial charge in [0.05, 0.1) is 12.1 Å². The van der Waals surface area contributed by atoms with Crippen molar-refractivity contribution in [2.45, 2.75) is 12.5 Å². The van der Waals surface area contributed by atoms with Gasteiger partial charge in [0.2, 0.25) is 0 Å². The Kier molecular flexibility index (Phi) is 7.25. The van der Waals surface area contributed by atoms with E-state index in [-0.39, 0.29) is 35.2 Å². The number of benzene rings is 1. The van der Waals surface area contributed by atoms with Crippen molar-refractivity contribution in [3.63, 3.8) is 0 Å². The Morgan fingerprint density at radius 2 is 2.00 bits per heavy atom. The molecule has 0 amide bonds. The first-order chi connectivity index (χ1) is 7.95. The second-order valence-electron chi connectivity index (χ2n) is 3.38. The molecule has 1 rings (SSSR count). The summed E-state index contributed by atoms with van der Waals surface area (Å²) < 4.78 is 4.43. The van der Waals surface area contributed by atoms with Crippen molar-refractivity contribution in [2.24, 2.45) is 5.73 Å². The molecular weight excluding hydrogens is 300 g/mol. The van der Waals surface area contributed by atoms with Crippen LogP contribution in [0.15, 0.2) is 18.2 Å². The molecule has 0 heterocycles. The lowest BCUT2D eigenvalue weighted by atomic mass is 10.0. The molecule has 0 aliphatic carbocycles. The number of hydrogen-bond donors (Lipinski definition) is 1. The summed E-state index contributed by atoms with van der Waals surface area (Å²) in [5.41, 5.74) is 5.77. The van der Waals surface area contributed by atoms with E-state index in [1.54, 1.807) is 6.07 Å². The van der Waals surface area contributed by atoms with Crippen LogP contribution in [0.25, 0.3) is 0 Å². The zero-order chi connectivity index (χ0) is 13.0.